The van der Waals surface area contributed by atoms with Crippen LogP contribution < -0.4 is 0 Å². The van der Waals surface area contributed by atoms with Gasteiger partial charge in [-0.1, -0.05) is 0 Å². The van der Waals surface area contributed by atoms with E-state index in [9.17, 15) is 0 Å². The van der Waals surface area contributed by atoms with Crippen molar-refractivity contribution in [2.24, 2.45) is 0 Å². The molecule has 0 aliphatic heterocycles. The molecule has 0 aromatic heterocycles. The molecule has 0 aromatic carbocycles. The third-order valence-corrected chi connectivity index (χ3v) is 48.3. The second-order valence-corrected chi connectivity index (χ2v) is 41.4. The molecule has 0 aromatic rings. The zero-order valence-corrected chi connectivity index (χ0v) is 22.1. The standard InChI is InChI=1S/C4H9O.3C4H11Si.Zr/c1-2-3-4-5;3*1-5(2,3)4;/h2-4H2,1H3;3*1H2,2-4H3;/q-1;;;;+1. The van der Waals surface area contributed by atoms with Crippen molar-refractivity contribution in [1.82, 2.24) is 0 Å². The molecule has 0 saturated carbocycles. The van der Waals surface area contributed by atoms with Gasteiger partial charge in [0.05, 0.1) is 0 Å². The summed E-state index contributed by atoms with van der Waals surface area (Å²) >= 11 is -2.45. The molecule has 0 bridgehead atoms. The first-order valence-corrected chi connectivity index (χ1v) is 26.2. The Morgan fingerprint density at radius 2 is 1.00 bits per heavy atom. The molecule has 0 saturated heterocycles. The van der Waals surface area contributed by atoms with Gasteiger partial charge in [-0.05, 0) is 0 Å². The maximum absolute atomic E-state index is 6.91. The third kappa shape index (κ3) is 12.6. The Kier molecular flexibility index (Phi) is 9.16. The fraction of sp³-hybridized carbons (Fsp3) is 1.00. The fourth-order valence-electron chi connectivity index (χ4n) is 3.67. The predicted molar refractivity (Wildman–Crippen MR) is 105 cm³/mol. The summed E-state index contributed by atoms with van der Waals surface area (Å²) in [5, 5.41) is 0. The molecule has 0 rings (SSSR count). The number of unbranched alkanes of at least 4 members (excludes halogenated alkanes) is 1. The van der Waals surface area contributed by atoms with E-state index >= 15 is 0 Å². The van der Waals surface area contributed by atoms with Crippen molar-refractivity contribution in [3.05, 3.63) is 0 Å². The minimum absolute atomic E-state index is 1.04. The van der Waals surface area contributed by atoms with Crippen LogP contribution >= 0.6 is 0 Å². The summed E-state index contributed by atoms with van der Waals surface area (Å²) in [5.74, 6) is 0. The summed E-state index contributed by atoms with van der Waals surface area (Å²) < 4.78 is 11.6. The quantitative estimate of drug-likeness (QED) is 0.277. The van der Waals surface area contributed by atoms with Crippen molar-refractivity contribution >= 4 is 24.2 Å². The van der Waals surface area contributed by atoms with E-state index in [1.807, 2.05) is 0 Å². The molecule has 0 aliphatic rings. The minimum atomic E-state index is -2.45. The molecular weight excluding hydrogens is 384 g/mol. The van der Waals surface area contributed by atoms with Crippen LogP contribution in [0.15, 0.2) is 0 Å². The third-order valence-electron chi connectivity index (χ3n) is 3.46. The van der Waals surface area contributed by atoms with Crippen LogP contribution in [0.2, 0.25) is 70.2 Å². The molecule has 0 amide bonds. The summed E-state index contributed by atoms with van der Waals surface area (Å²) in [4.78, 5) is 0. The van der Waals surface area contributed by atoms with Crippen LogP contribution in [-0.4, -0.2) is 30.8 Å². The van der Waals surface area contributed by atoms with Crippen LogP contribution in [0.4, 0.5) is 0 Å². The molecule has 0 fully saturated rings. The summed E-state index contributed by atoms with van der Waals surface area (Å²) in [6.07, 6.45) is 2.54. The van der Waals surface area contributed by atoms with Gasteiger partial charge in [0.25, 0.3) is 0 Å². The first kappa shape index (κ1) is 22.5. The van der Waals surface area contributed by atoms with Gasteiger partial charge in [0, 0.05) is 0 Å². The van der Waals surface area contributed by atoms with Crippen LogP contribution in [0.1, 0.15) is 19.8 Å². The average Bonchev–Trinajstić information content (AvgIpc) is 2.08. The van der Waals surface area contributed by atoms with Gasteiger partial charge in [-0.2, -0.15) is 0 Å². The van der Waals surface area contributed by atoms with Crippen LogP contribution in [-0.2, 0) is 23.5 Å². The van der Waals surface area contributed by atoms with Crippen LogP contribution in [0.25, 0.3) is 0 Å². The molecule has 1 nitrogen and oxygen atoms in total. The van der Waals surface area contributed by atoms with E-state index in [1.165, 1.54) is 12.8 Å². The zero-order chi connectivity index (χ0) is 16.9. The molecule has 0 aliphatic carbocycles. The molecule has 0 N–H and O–H groups in total. The molecule has 0 atom stereocenters. The van der Waals surface area contributed by atoms with Gasteiger partial charge in [0.2, 0.25) is 0 Å². The number of hydrogen-bond acceptors (Lipinski definition) is 1. The van der Waals surface area contributed by atoms with Crippen molar-refractivity contribution in [3.8, 4) is 0 Å². The second kappa shape index (κ2) is 8.55. The van der Waals surface area contributed by atoms with Crippen molar-refractivity contribution in [2.45, 2.75) is 89.9 Å². The maximum atomic E-state index is 6.91. The van der Waals surface area contributed by atoms with Crippen LogP contribution in [0.5, 0.6) is 0 Å². The van der Waals surface area contributed by atoms with Crippen LogP contribution in [0, 0.1) is 0 Å². The SMILES string of the molecule is CCCC[O][Zr]([CH2][Si](C)(C)C)([CH2][Si](C)(C)C)[CH2][Si](C)(C)C. The van der Waals surface area contributed by atoms with E-state index in [-0.39, 0.29) is 0 Å². The van der Waals surface area contributed by atoms with Gasteiger partial charge >= 0.3 is 144 Å². The zero-order valence-electron chi connectivity index (χ0n) is 16.7. The fourth-order valence-corrected chi connectivity index (χ4v) is 66.0. The normalized spacial score (nSPS) is 14.6. The molecule has 0 spiro atoms. The van der Waals surface area contributed by atoms with E-state index in [1.54, 1.807) is 11.3 Å². The van der Waals surface area contributed by atoms with Crippen molar-refractivity contribution in [2.75, 3.05) is 6.61 Å². The van der Waals surface area contributed by atoms with Gasteiger partial charge in [-0.15, -0.1) is 0 Å². The molecule has 0 radical (unpaired) electrons. The summed E-state index contributed by atoms with van der Waals surface area (Å²) in [6, 6.07) is 0. The monoisotopic (exact) mass is 424 g/mol. The Labute approximate surface area is 143 Å². The van der Waals surface area contributed by atoms with E-state index in [0.717, 1.165) is 6.61 Å². The molecular formula is C16H42OSi3Zr. The van der Waals surface area contributed by atoms with E-state index in [2.05, 4.69) is 65.8 Å². The topological polar surface area (TPSA) is 9.23 Å². The summed E-state index contributed by atoms with van der Waals surface area (Å²) in [7, 11) is -3.12. The van der Waals surface area contributed by atoms with E-state index < -0.39 is 44.9 Å². The molecule has 21 heavy (non-hydrogen) atoms. The first-order valence-electron chi connectivity index (χ1n) is 8.82. The van der Waals surface area contributed by atoms with Crippen molar-refractivity contribution in [1.29, 1.82) is 0 Å². The van der Waals surface area contributed by atoms with E-state index in [4.69, 9.17) is 2.81 Å². The second-order valence-electron chi connectivity index (χ2n) is 10.6. The Bertz CT molecular complexity index is 259. The molecule has 0 heterocycles. The average molecular weight is 426 g/mol. The van der Waals surface area contributed by atoms with Gasteiger partial charge in [0.1, 0.15) is 0 Å². The van der Waals surface area contributed by atoms with Gasteiger partial charge in [-0.25, -0.2) is 0 Å². The van der Waals surface area contributed by atoms with Gasteiger partial charge < -0.3 is 0 Å². The Morgan fingerprint density at radius 3 is 1.24 bits per heavy atom. The first-order chi connectivity index (χ1) is 9.18. The van der Waals surface area contributed by atoms with Gasteiger partial charge in [-0.3, -0.25) is 0 Å². The van der Waals surface area contributed by atoms with Crippen molar-refractivity contribution < 1.29 is 23.5 Å². The van der Waals surface area contributed by atoms with Crippen LogP contribution in [0.3, 0.4) is 0 Å². The molecule has 0 unspecified atom stereocenters. The predicted octanol–water partition coefficient (Wildman–Crippen LogP) is 6.76. The van der Waals surface area contributed by atoms with E-state index in [0.29, 0.717) is 0 Å². The van der Waals surface area contributed by atoms with Gasteiger partial charge in [0.15, 0.2) is 0 Å². The molecule has 128 valence electrons. The number of rotatable bonds is 10. The molecule has 5 heteroatoms. The van der Waals surface area contributed by atoms with Crippen molar-refractivity contribution in [3.63, 3.8) is 0 Å². The number of hydrogen-bond donors (Lipinski definition) is 0. The summed E-state index contributed by atoms with van der Waals surface area (Å²) in [5.41, 5.74) is 0. The summed E-state index contributed by atoms with van der Waals surface area (Å²) in [6.45, 7) is 26.4. The Morgan fingerprint density at radius 1 is 0.667 bits per heavy atom. The Balaban J connectivity index is 5.36. The Hall–Kier alpha value is 1.49.